The van der Waals surface area contributed by atoms with Crippen LogP contribution in [0.3, 0.4) is 0 Å². The average molecular weight is 425 g/mol. The molecule has 4 rings (SSSR count). The molecule has 0 fully saturated rings. The van der Waals surface area contributed by atoms with Crippen molar-refractivity contribution >= 4 is 21.7 Å². The zero-order valence-corrected chi connectivity index (χ0v) is 16.2. The second-order valence-corrected chi connectivity index (χ2v) is 7.33. The van der Waals surface area contributed by atoms with Crippen LogP contribution in [0.4, 0.5) is 0 Å². The Bertz CT molecular complexity index is 1020. The quantitative estimate of drug-likeness (QED) is 0.660. The number of phenols is 1. The lowest BCUT2D eigenvalue weighted by Crippen LogP contribution is -2.46. The molecule has 27 heavy (non-hydrogen) atoms. The Morgan fingerprint density at radius 3 is 2.48 bits per heavy atom. The number of carbonyl (C=O) groups is 1. The maximum Gasteiger partial charge on any atom is 0.188 e. The summed E-state index contributed by atoms with van der Waals surface area (Å²) in [7, 11) is 1.50. The van der Waals surface area contributed by atoms with Crippen LogP contribution in [0.1, 0.15) is 21.5 Å². The topological polar surface area (TPSA) is 55.8 Å². The maximum absolute atomic E-state index is 13.8. The summed E-state index contributed by atoms with van der Waals surface area (Å²) in [6, 6.07) is 20.2. The molecule has 3 aromatic carbocycles. The van der Waals surface area contributed by atoms with Gasteiger partial charge < -0.3 is 14.6 Å². The van der Waals surface area contributed by atoms with Gasteiger partial charge in [-0.25, -0.2) is 0 Å². The van der Waals surface area contributed by atoms with Crippen molar-refractivity contribution in [3.05, 3.63) is 87.9 Å². The summed E-state index contributed by atoms with van der Waals surface area (Å²) in [5, 5.41) is 10.5. The summed E-state index contributed by atoms with van der Waals surface area (Å²) in [5.41, 5.74) is 0.734. The maximum atomic E-state index is 13.8. The van der Waals surface area contributed by atoms with E-state index < -0.39 is 5.41 Å². The first kappa shape index (κ1) is 17.6. The lowest BCUT2D eigenvalue weighted by molar-refractivity contribution is 0.0813. The summed E-state index contributed by atoms with van der Waals surface area (Å²) in [4.78, 5) is 13.8. The molecule has 0 amide bonds. The number of methoxy groups -OCH3 is 1. The minimum Gasteiger partial charge on any atom is -0.507 e. The molecule has 1 aliphatic rings. The Hall–Kier alpha value is -2.79. The van der Waals surface area contributed by atoms with Crippen molar-refractivity contribution in [3.63, 3.8) is 0 Å². The van der Waals surface area contributed by atoms with Crippen LogP contribution in [0.2, 0.25) is 0 Å². The number of ether oxygens (including phenoxy) is 2. The van der Waals surface area contributed by atoms with Gasteiger partial charge in [0.1, 0.15) is 34.8 Å². The van der Waals surface area contributed by atoms with Gasteiger partial charge in [-0.2, -0.15) is 0 Å². The van der Waals surface area contributed by atoms with Crippen LogP contribution in [0.15, 0.2) is 71.2 Å². The number of rotatable bonds is 3. The van der Waals surface area contributed by atoms with Crippen molar-refractivity contribution in [2.24, 2.45) is 0 Å². The number of benzene rings is 3. The molecule has 0 spiro atoms. The first-order valence-corrected chi connectivity index (χ1v) is 9.26. The highest BCUT2D eigenvalue weighted by atomic mass is 79.9. The number of carbonyl (C=O) groups excluding carboxylic acids is 1. The fourth-order valence-corrected chi connectivity index (χ4v) is 3.97. The standard InChI is InChI=1S/C22H17BrO4/c1-26-17-11-18(24)20-19(12-17)27-13-22(21(20)25,14-6-3-2-4-7-14)15-8-5-9-16(23)10-15/h2-12,24H,13H2,1H3. The van der Waals surface area contributed by atoms with Crippen LogP contribution < -0.4 is 9.47 Å². The highest BCUT2D eigenvalue weighted by Crippen LogP contribution is 2.46. The SMILES string of the molecule is COc1cc(O)c2c(c1)OCC(c1ccccc1)(c1cccc(Br)c1)C2=O. The highest BCUT2D eigenvalue weighted by molar-refractivity contribution is 9.10. The van der Waals surface area contributed by atoms with Gasteiger partial charge >= 0.3 is 0 Å². The van der Waals surface area contributed by atoms with Crippen molar-refractivity contribution < 1.29 is 19.4 Å². The fourth-order valence-electron chi connectivity index (χ4n) is 3.57. The number of phenolic OH excluding ortho intramolecular Hbond substituents is 1. The number of Topliss-reactive ketones (excluding diaryl/α,β-unsaturated/α-hetero) is 1. The molecular weight excluding hydrogens is 408 g/mol. The van der Waals surface area contributed by atoms with Crippen LogP contribution in [-0.2, 0) is 5.41 Å². The van der Waals surface area contributed by atoms with Crippen molar-refractivity contribution in [1.82, 2.24) is 0 Å². The normalized spacial score (nSPS) is 18.5. The van der Waals surface area contributed by atoms with Crippen LogP contribution in [0.5, 0.6) is 17.2 Å². The largest absolute Gasteiger partial charge is 0.507 e. The third-order valence-corrected chi connectivity index (χ3v) is 5.43. The van der Waals surface area contributed by atoms with Crippen molar-refractivity contribution in [2.45, 2.75) is 5.41 Å². The highest BCUT2D eigenvalue weighted by Gasteiger charge is 2.48. The lowest BCUT2D eigenvalue weighted by Gasteiger charge is -2.37. The predicted molar refractivity (Wildman–Crippen MR) is 106 cm³/mol. The van der Waals surface area contributed by atoms with E-state index in [4.69, 9.17) is 9.47 Å². The minimum absolute atomic E-state index is 0.131. The van der Waals surface area contributed by atoms with E-state index >= 15 is 0 Å². The molecule has 0 aliphatic carbocycles. The molecule has 0 radical (unpaired) electrons. The number of halogens is 1. The first-order valence-electron chi connectivity index (χ1n) is 8.46. The fraction of sp³-hybridized carbons (Fsp3) is 0.136. The Morgan fingerprint density at radius 1 is 1.04 bits per heavy atom. The third kappa shape index (κ3) is 2.79. The molecule has 0 bridgehead atoms. The molecule has 1 N–H and O–H groups in total. The molecular formula is C22H17BrO4. The summed E-state index contributed by atoms with van der Waals surface area (Å²) >= 11 is 3.49. The predicted octanol–water partition coefficient (Wildman–Crippen LogP) is 4.72. The van der Waals surface area contributed by atoms with Gasteiger partial charge in [-0.05, 0) is 23.3 Å². The Kier molecular flexibility index (Phi) is 4.40. The third-order valence-electron chi connectivity index (χ3n) is 4.93. The van der Waals surface area contributed by atoms with Crippen molar-refractivity contribution in [1.29, 1.82) is 0 Å². The van der Waals surface area contributed by atoms with Crippen molar-refractivity contribution in [3.8, 4) is 17.2 Å². The molecule has 1 unspecified atom stereocenters. The molecule has 0 saturated heterocycles. The van der Waals surface area contributed by atoms with Crippen LogP contribution in [0.25, 0.3) is 0 Å². The molecule has 3 aromatic rings. The van der Waals surface area contributed by atoms with Gasteiger partial charge in [-0.3, -0.25) is 4.79 Å². The monoisotopic (exact) mass is 424 g/mol. The van der Waals surface area contributed by atoms with Gasteiger partial charge in [0.05, 0.1) is 7.11 Å². The Morgan fingerprint density at radius 2 is 1.78 bits per heavy atom. The molecule has 4 nitrogen and oxygen atoms in total. The number of aromatic hydroxyl groups is 1. The van der Waals surface area contributed by atoms with E-state index in [9.17, 15) is 9.90 Å². The van der Waals surface area contributed by atoms with Crippen LogP contribution >= 0.6 is 15.9 Å². The molecule has 0 aromatic heterocycles. The first-order chi connectivity index (χ1) is 13.1. The molecule has 1 aliphatic heterocycles. The van der Waals surface area contributed by atoms with Gasteiger partial charge in [0.2, 0.25) is 0 Å². The second kappa shape index (κ2) is 6.74. The summed E-state index contributed by atoms with van der Waals surface area (Å²) in [6.07, 6.45) is 0. The van der Waals surface area contributed by atoms with Gasteiger partial charge in [-0.1, -0.05) is 58.4 Å². The van der Waals surface area contributed by atoms with E-state index in [2.05, 4.69) is 15.9 Å². The summed E-state index contributed by atoms with van der Waals surface area (Å²) in [5.74, 6) is 0.421. The lowest BCUT2D eigenvalue weighted by atomic mass is 9.68. The van der Waals surface area contributed by atoms with E-state index in [0.717, 1.165) is 15.6 Å². The van der Waals surface area contributed by atoms with Crippen molar-refractivity contribution in [2.75, 3.05) is 13.7 Å². The van der Waals surface area contributed by atoms with Gasteiger partial charge in [0.15, 0.2) is 5.78 Å². The van der Waals surface area contributed by atoms with Gasteiger partial charge in [0, 0.05) is 16.6 Å². The summed E-state index contributed by atoms with van der Waals surface area (Å²) < 4.78 is 12.0. The molecule has 5 heteroatoms. The Labute approximate surface area is 165 Å². The smallest absolute Gasteiger partial charge is 0.188 e. The summed E-state index contributed by atoms with van der Waals surface area (Å²) in [6.45, 7) is 0.131. The van der Waals surface area contributed by atoms with E-state index in [1.54, 1.807) is 6.07 Å². The Balaban J connectivity index is 1.98. The molecule has 136 valence electrons. The molecule has 0 saturated carbocycles. The number of ketones is 1. The number of hydrogen-bond acceptors (Lipinski definition) is 4. The van der Waals surface area contributed by atoms with Gasteiger partial charge in [-0.15, -0.1) is 0 Å². The van der Waals surface area contributed by atoms with E-state index in [1.165, 1.54) is 13.2 Å². The zero-order chi connectivity index (χ0) is 19.0. The van der Waals surface area contributed by atoms with E-state index in [0.29, 0.717) is 11.5 Å². The van der Waals surface area contributed by atoms with E-state index in [-0.39, 0.29) is 23.7 Å². The molecule has 1 heterocycles. The van der Waals surface area contributed by atoms with E-state index in [1.807, 2.05) is 54.6 Å². The average Bonchev–Trinajstić information content (AvgIpc) is 2.68. The number of fused-ring (bicyclic) bond motifs is 1. The minimum atomic E-state index is -1.05. The number of hydrogen-bond donors (Lipinski definition) is 1. The second-order valence-electron chi connectivity index (χ2n) is 6.42. The van der Waals surface area contributed by atoms with Gasteiger partial charge in [0.25, 0.3) is 0 Å². The molecule has 1 atom stereocenters. The van der Waals surface area contributed by atoms with Crippen LogP contribution in [0, 0.1) is 0 Å². The zero-order valence-electron chi connectivity index (χ0n) is 14.6. The van der Waals surface area contributed by atoms with Crippen LogP contribution in [-0.4, -0.2) is 24.6 Å².